The summed E-state index contributed by atoms with van der Waals surface area (Å²) in [4.78, 5) is 11.9. The van der Waals surface area contributed by atoms with Gasteiger partial charge in [-0.15, -0.1) is 0 Å². The minimum absolute atomic E-state index is 0.0106. The van der Waals surface area contributed by atoms with E-state index in [1.165, 1.54) is 6.07 Å². The molecule has 9 heteroatoms. The van der Waals surface area contributed by atoms with Gasteiger partial charge in [-0.05, 0) is 49.7 Å². The number of nitrogens with two attached hydrogens (primary N) is 2. The Labute approximate surface area is 164 Å². The highest BCUT2D eigenvalue weighted by atomic mass is 32.2. The molecule has 2 aromatic rings. The summed E-state index contributed by atoms with van der Waals surface area (Å²) in [6.45, 7) is 4.41. The van der Waals surface area contributed by atoms with E-state index in [2.05, 4.69) is 5.32 Å². The van der Waals surface area contributed by atoms with Crippen molar-refractivity contribution in [3.8, 4) is 11.5 Å². The van der Waals surface area contributed by atoms with Crippen LogP contribution in [-0.4, -0.2) is 27.5 Å². The van der Waals surface area contributed by atoms with Gasteiger partial charge in [0.1, 0.15) is 10.6 Å². The number of carbonyl (C=O) groups excluding carboxylic acids is 1. The van der Waals surface area contributed by atoms with Gasteiger partial charge in [-0.25, -0.2) is 18.4 Å². The van der Waals surface area contributed by atoms with Crippen LogP contribution in [0.4, 0.5) is 11.4 Å². The molecule has 0 fully saturated rings. The standard InChI is InChI=1S/C19H25N3O5S/c1-3-5-10-22-16-11-13(19(23)26-4-2)12-17(28(21,24)25)18(16)27-15-8-6-14(20)7-9-15/h6-9,11-12,22H,3-5,10,20H2,1-2H3,(H2,21,24,25). The van der Waals surface area contributed by atoms with Gasteiger partial charge in [-0.1, -0.05) is 13.3 Å². The first kappa shape index (κ1) is 21.5. The van der Waals surface area contributed by atoms with Crippen LogP contribution in [0.1, 0.15) is 37.0 Å². The van der Waals surface area contributed by atoms with Gasteiger partial charge in [-0.2, -0.15) is 0 Å². The maximum Gasteiger partial charge on any atom is 0.338 e. The summed E-state index contributed by atoms with van der Waals surface area (Å²) in [7, 11) is -4.18. The Morgan fingerprint density at radius 2 is 1.82 bits per heavy atom. The van der Waals surface area contributed by atoms with Gasteiger partial charge in [0, 0.05) is 12.2 Å². The molecule has 8 nitrogen and oxygen atoms in total. The lowest BCUT2D eigenvalue weighted by Gasteiger charge is -2.17. The summed E-state index contributed by atoms with van der Waals surface area (Å²) >= 11 is 0. The van der Waals surface area contributed by atoms with E-state index in [4.69, 9.17) is 20.3 Å². The summed E-state index contributed by atoms with van der Waals surface area (Å²) in [5.41, 5.74) is 6.61. The smallest absolute Gasteiger partial charge is 0.338 e. The monoisotopic (exact) mass is 407 g/mol. The van der Waals surface area contributed by atoms with Gasteiger partial charge < -0.3 is 20.5 Å². The van der Waals surface area contributed by atoms with Gasteiger partial charge in [-0.3, -0.25) is 0 Å². The number of primary sulfonamides is 1. The Morgan fingerprint density at radius 1 is 1.14 bits per heavy atom. The number of hydrogen-bond donors (Lipinski definition) is 3. The molecule has 0 radical (unpaired) electrons. The first-order valence-electron chi connectivity index (χ1n) is 8.91. The van der Waals surface area contributed by atoms with Crippen LogP contribution in [-0.2, 0) is 14.8 Å². The molecule has 0 aromatic heterocycles. The van der Waals surface area contributed by atoms with Crippen LogP contribution in [0.3, 0.4) is 0 Å². The minimum atomic E-state index is -4.18. The maximum atomic E-state index is 12.2. The molecule has 0 atom stereocenters. The van der Waals surface area contributed by atoms with E-state index in [0.29, 0.717) is 23.7 Å². The quantitative estimate of drug-likeness (QED) is 0.330. The summed E-state index contributed by atoms with van der Waals surface area (Å²) < 4.78 is 35.2. The Balaban J connectivity index is 2.59. The van der Waals surface area contributed by atoms with E-state index in [0.717, 1.165) is 18.9 Å². The molecule has 0 aliphatic carbocycles. The molecule has 0 heterocycles. The Bertz CT molecular complexity index is 927. The SMILES string of the molecule is CCCCNc1cc(C(=O)OCC)cc(S(N)(=O)=O)c1Oc1ccc(N)cc1. The summed E-state index contributed by atoms with van der Waals surface area (Å²) in [6, 6.07) is 9.13. The molecular weight excluding hydrogens is 382 g/mol. The molecule has 0 bridgehead atoms. The van der Waals surface area contributed by atoms with Gasteiger partial charge in [0.25, 0.3) is 0 Å². The van der Waals surface area contributed by atoms with E-state index in [1.54, 1.807) is 31.2 Å². The number of unbranched alkanes of at least 4 members (excludes halogenated alkanes) is 1. The van der Waals surface area contributed by atoms with Crippen molar-refractivity contribution in [2.45, 2.75) is 31.6 Å². The second-order valence-corrected chi connectivity index (χ2v) is 7.60. The molecule has 28 heavy (non-hydrogen) atoms. The molecule has 152 valence electrons. The number of esters is 1. The number of nitrogens with one attached hydrogen (secondary N) is 1. The van der Waals surface area contributed by atoms with Crippen molar-refractivity contribution in [2.75, 3.05) is 24.2 Å². The van der Waals surface area contributed by atoms with Crippen LogP contribution in [0.15, 0.2) is 41.3 Å². The van der Waals surface area contributed by atoms with Crippen molar-refractivity contribution in [1.82, 2.24) is 0 Å². The fourth-order valence-corrected chi connectivity index (χ4v) is 3.14. The van der Waals surface area contributed by atoms with Crippen LogP contribution in [0.5, 0.6) is 11.5 Å². The van der Waals surface area contributed by atoms with Gasteiger partial charge in [0.05, 0.1) is 17.9 Å². The number of ether oxygens (including phenoxy) is 2. The van der Waals surface area contributed by atoms with Gasteiger partial charge in [0.2, 0.25) is 10.0 Å². The molecule has 0 spiro atoms. The van der Waals surface area contributed by atoms with E-state index in [1.807, 2.05) is 6.92 Å². The average molecular weight is 407 g/mol. The third kappa shape index (κ3) is 5.61. The molecule has 2 aromatic carbocycles. The van der Waals surface area contributed by atoms with E-state index in [9.17, 15) is 13.2 Å². The number of rotatable bonds is 9. The summed E-state index contributed by atoms with van der Waals surface area (Å²) in [6.07, 6.45) is 1.77. The topological polar surface area (TPSA) is 134 Å². The zero-order valence-corrected chi connectivity index (χ0v) is 16.7. The number of anilines is 2. The lowest BCUT2D eigenvalue weighted by Crippen LogP contribution is -2.17. The van der Waals surface area contributed by atoms with Crippen molar-refractivity contribution < 1.29 is 22.7 Å². The van der Waals surface area contributed by atoms with Crippen molar-refractivity contribution >= 4 is 27.4 Å². The van der Waals surface area contributed by atoms with E-state index >= 15 is 0 Å². The number of benzene rings is 2. The Hall–Kier alpha value is -2.78. The summed E-state index contributed by atoms with van der Waals surface area (Å²) in [5.74, 6) is -0.261. The molecule has 5 N–H and O–H groups in total. The van der Waals surface area contributed by atoms with Crippen LogP contribution in [0, 0.1) is 0 Å². The predicted octanol–water partition coefficient (Wildman–Crippen LogP) is 3.10. The third-order valence-electron chi connectivity index (χ3n) is 3.82. The number of nitrogen functional groups attached to an aromatic ring is 1. The molecule has 0 amide bonds. The van der Waals surface area contributed by atoms with Crippen LogP contribution in [0.2, 0.25) is 0 Å². The molecular formula is C19H25N3O5S. The normalized spacial score (nSPS) is 11.1. The Kier molecular flexibility index (Phi) is 7.24. The second kappa shape index (κ2) is 9.43. The highest BCUT2D eigenvalue weighted by Gasteiger charge is 2.24. The van der Waals surface area contributed by atoms with Crippen molar-refractivity contribution in [3.63, 3.8) is 0 Å². The molecule has 2 rings (SSSR count). The fourth-order valence-electron chi connectivity index (χ4n) is 2.44. The largest absolute Gasteiger partial charge is 0.462 e. The van der Waals surface area contributed by atoms with Crippen LogP contribution >= 0.6 is 0 Å². The third-order valence-corrected chi connectivity index (χ3v) is 4.73. The highest BCUT2D eigenvalue weighted by Crippen LogP contribution is 2.37. The van der Waals surface area contributed by atoms with Crippen molar-refractivity contribution in [1.29, 1.82) is 0 Å². The zero-order chi connectivity index (χ0) is 20.7. The molecule has 0 aliphatic rings. The maximum absolute atomic E-state index is 12.2. The number of carbonyl (C=O) groups is 1. The highest BCUT2D eigenvalue weighted by molar-refractivity contribution is 7.89. The van der Waals surface area contributed by atoms with Gasteiger partial charge >= 0.3 is 5.97 Å². The first-order valence-corrected chi connectivity index (χ1v) is 10.5. The average Bonchev–Trinajstić information content (AvgIpc) is 2.64. The van der Waals surface area contributed by atoms with Crippen molar-refractivity contribution in [3.05, 3.63) is 42.0 Å². The fraction of sp³-hybridized carbons (Fsp3) is 0.316. The molecule has 0 aliphatic heterocycles. The minimum Gasteiger partial charge on any atom is -0.462 e. The van der Waals surface area contributed by atoms with Crippen LogP contribution < -0.4 is 20.9 Å². The molecule has 0 saturated carbocycles. The Morgan fingerprint density at radius 3 is 2.39 bits per heavy atom. The zero-order valence-electron chi connectivity index (χ0n) is 15.9. The second-order valence-electron chi connectivity index (χ2n) is 6.07. The number of hydrogen-bond acceptors (Lipinski definition) is 7. The van der Waals surface area contributed by atoms with Gasteiger partial charge in [0.15, 0.2) is 5.75 Å². The number of sulfonamides is 1. The predicted molar refractivity (Wildman–Crippen MR) is 108 cm³/mol. The first-order chi connectivity index (χ1) is 13.3. The molecule has 0 saturated heterocycles. The van der Waals surface area contributed by atoms with Crippen molar-refractivity contribution in [2.24, 2.45) is 5.14 Å². The van der Waals surface area contributed by atoms with E-state index in [-0.39, 0.29) is 22.8 Å². The molecule has 0 unspecified atom stereocenters. The van der Waals surface area contributed by atoms with E-state index < -0.39 is 16.0 Å². The summed E-state index contributed by atoms with van der Waals surface area (Å²) in [5, 5.41) is 8.51. The van der Waals surface area contributed by atoms with Crippen LogP contribution in [0.25, 0.3) is 0 Å². The lowest BCUT2D eigenvalue weighted by molar-refractivity contribution is 0.0526. The lowest BCUT2D eigenvalue weighted by atomic mass is 10.1.